The van der Waals surface area contributed by atoms with Crippen LogP contribution >= 0.6 is 0 Å². The molecular formula is C25H17F12NO3S. The van der Waals surface area contributed by atoms with Crippen LogP contribution in [-0.4, -0.2) is 43.8 Å². The summed E-state index contributed by atoms with van der Waals surface area (Å²) in [6.07, 6.45) is -26.7. The smallest absolute Gasteiger partial charge is 0.369 e. The third kappa shape index (κ3) is 5.39. The molecule has 0 aromatic heterocycles. The van der Waals surface area contributed by atoms with Gasteiger partial charge in [0.15, 0.2) is 9.84 Å². The molecule has 1 unspecified atom stereocenters. The van der Waals surface area contributed by atoms with E-state index in [0.29, 0.717) is 36.4 Å². The monoisotopic (exact) mass is 639 g/mol. The van der Waals surface area contributed by atoms with E-state index in [1.807, 2.05) is 0 Å². The molecule has 230 valence electrons. The molecule has 0 fully saturated rings. The second-order valence-electron chi connectivity index (χ2n) is 8.83. The highest BCUT2D eigenvalue weighted by Crippen LogP contribution is 2.58. The maximum Gasteiger partial charge on any atom is 0.430 e. The van der Waals surface area contributed by atoms with Crippen molar-refractivity contribution in [2.24, 2.45) is 0 Å². The summed E-state index contributed by atoms with van der Waals surface area (Å²) in [5.74, 6) is 0. The van der Waals surface area contributed by atoms with Crippen molar-refractivity contribution in [3.8, 4) is 0 Å². The fraction of sp³-hybridized carbons (Fsp3) is 0.280. The van der Waals surface area contributed by atoms with Gasteiger partial charge in [0.2, 0.25) is 0 Å². The van der Waals surface area contributed by atoms with E-state index in [1.54, 1.807) is 0 Å². The maximum atomic E-state index is 14.8. The molecule has 0 spiro atoms. The van der Waals surface area contributed by atoms with Crippen molar-refractivity contribution in [1.82, 2.24) is 0 Å². The van der Waals surface area contributed by atoms with Crippen molar-refractivity contribution in [3.63, 3.8) is 0 Å². The maximum absolute atomic E-state index is 14.8. The minimum Gasteiger partial charge on any atom is -0.369 e. The second-order valence-corrected chi connectivity index (χ2v) is 10.8. The first kappa shape index (κ1) is 33.0. The van der Waals surface area contributed by atoms with Crippen LogP contribution in [0.4, 0.5) is 58.4 Å². The van der Waals surface area contributed by atoms with Crippen LogP contribution in [-0.2, 0) is 15.4 Å². The third-order valence-electron chi connectivity index (χ3n) is 6.22. The van der Waals surface area contributed by atoms with Crippen LogP contribution in [0.25, 0.3) is 0 Å². The number of alkyl halides is 12. The Morgan fingerprint density at radius 3 is 1.40 bits per heavy atom. The molecule has 42 heavy (non-hydrogen) atoms. The van der Waals surface area contributed by atoms with Crippen LogP contribution in [0.3, 0.4) is 0 Å². The number of hydrogen-bond donors (Lipinski definition) is 2. The Hall–Kier alpha value is -3.47. The Bertz CT molecular complexity index is 1460. The molecule has 0 heterocycles. The van der Waals surface area contributed by atoms with E-state index in [1.165, 1.54) is 6.07 Å². The van der Waals surface area contributed by atoms with Crippen molar-refractivity contribution in [3.05, 3.63) is 96.1 Å². The molecule has 1 atom stereocenters. The number of sulfone groups is 1. The Balaban J connectivity index is 2.56. The summed E-state index contributed by atoms with van der Waals surface area (Å²) in [4.78, 5) is -2.27. The fourth-order valence-electron chi connectivity index (χ4n) is 4.31. The normalized spacial score (nSPS) is 14.9. The zero-order valence-corrected chi connectivity index (χ0v) is 21.2. The standard InChI is InChI=1S/C25H17F12NO3S/c26-22(27,28)20(23(29,30)31,38-16-11-5-2-6-12-16)19(15-9-3-1-4-10-15)42(40,41)18-14-8-7-13-17(18)21(39,24(32,33)34)25(35,36)37/h1-14,19,38-39H. The molecule has 0 amide bonds. The first-order chi connectivity index (χ1) is 19.0. The van der Waals surface area contributed by atoms with Crippen molar-refractivity contribution in [2.75, 3.05) is 5.32 Å². The van der Waals surface area contributed by atoms with Gasteiger partial charge < -0.3 is 10.4 Å². The third-order valence-corrected chi connectivity index (χ3v) is 8.43. The first-order valence-electron chi connectivity index (χ1n) is 11.2. The Labute approximate surface area is 229 Å². The molecule has 2 N–H and O–H groups in total. The van der Waals surface area contributed by atoms with Crippen molar-refractivity contribution in [2.45, 2.75) is 46.0 Å². The van der Waals surface area contributed by atoms with E-state index in [9.17, 15) is 66.2 Å². The van der Waals surface area contributed by atoms with Crippen molar-refractivity contribution >= 4 is 15.5 Å². The molecular weight excluding hydrogens is 622 g/mol. The summed E-state index contributed by atoms with van der Waals surface area (Å²) in [6, 6.07) is 8.77. The number of hydrogen-bond acceptors (Lipinski definition) is 4. The lowest BCUT2D eigenvalue weighted by atomic mass is 9.87. The summed E-state index contributed by atoms with van der Waals surface area (Å²) in [7, 11) is -6.60. The fourth-order valence-corrected chi connectivity index (χ4v) is 6.66. The summed E-state index contributed by atoms with van der Waals surface area (Å²) < 4.78 is 199. The van der Waals surface area contributed by atoms with Crippen LogP contribution in [0, 0.1) is 0 Å². The van der Waals surface area contributed by atoms with Gasteiger partial charge in [0, 0.05) is 11.3 Å². The zero-order chi connectivity index (χ0) is 32.0. The molecule has 0 aliphatic carbocycles. The lowest BCUT2D eigenvalue weighted by Gasteiger charge is -2.44. The van der Waals surface area contributed by atoms with Crippen molar-refractivity contribution < 1.29 is 66.2 Å². The van der Waals surface area contributed by atoms with E-state index in [4.69, 9.17) is 0 Å². The molecule has 0 saturated carbocycles. The lowest BCUT2D eigenvalue weighted by Crippen LogP contribution is -2.67. The van der Waals surface area contributed by atoms with Crippen LogP contribution in [0.15, 0.2) is 89.8 Å². The molecule has 0 radical (unpaired) electrons. The zero-order valence-electron chi connectivity index (χ0n) is 20.4. The van der Waals surface area contributed by atoms with Crippen LogP contribution in [0.2, 0.25) is 0 Å². The molecule has 3 aromatic rings. The quantitative estimate of drug-likeness (QED) is 0.263. The van der Waals surface area contributed by atoms with Crippen LogP contribution in [0.5, 0.6) is 0 Å². The minimum atomic E-state index is -6.73. The lowest BCUT2D eigenvalue weighted by molar-refractivity contribution is -0.377. The number of aliphatic hydroxyl groups is 1. The SMILES string of the molecule is O=S(=O)(c1ccccc1C(O)(C(F)(F)F)C(F)(F)F)C(c1ccccc1)C(Nc1ccccc1)(C(F)(F)F)C(F)(F)F. The minimum absolute atomic E-state index is 0.0525. The second kappa shape index (κ2) is 10.7. The molecule has 3 aromatic carbocycles. The van der Waals surface area contributed by atoms with Gasteiger partial charge in [-0.05, 0) is 23.8 Å². The molecule has 4 nitrogen and oxygen atoms in total. The number of para-hydroxylation sites is 1. The largest absolute Gasteiger partial charge is 0.430 e. The first-order valence-corrected chi connectivity index (χ1v) is 12.8. The predicted molar refractivity (Wildman–Crippen MR) is 124 cm³/mol. The van der Waals surface area contributed by atoms with Gasteiger partial charge >= 0.3 is 24.7 Å². The Kier molecular flexibility index (Phi) is 8.39. The molecule has 0 bridgehead atoms. The van der Waals surface area contributed by atoms with Gasteiger partial charge in [-0.15, -0.1) is 0 Å². The molecule has 3 rings (SSSR count). The summed E-state index contributed by atoms with van der Waals surface area (Å²) in [5.41, 5.74) is -16.4. The van der Waals surface area contributed by atoms with Gasteiger partial charge in [0.25, 0.3) is 11.1 Å². The van der Waals surface area contributed by atoms with E-state index in [-0.39, 0.29) is 12.1 Å². The topological polar surface area (TPSA) is 66.4 Å². The Morgan fingerprint density at radius 1 is 0.571 bits per heavy atom. The number of anilines is 1. The van der Waals surface area contributed by atoms with Gasteiger partial charge in [-0.1, -0.05) is 66.7 Å². The summed E-state index contributed by atoms with van der Waals surface area (Å²) in [5, 5.41) is 7.08. The van der Waals surface area contributed by atoms with Gasteiger partial charge in [0.1, 0.15) is 5.25 Å². The average Bonchev–Trinajstić information content (AvgIpc) is 2.86. The van der Waals surface area contributed by atoms with Gasteiger partial charge in [0.05, 0.1) is 4.90 Å². The highest BCUT2D eigenvalue weighted by molar-refractivity contribution is 7.91. The number of nitrogens with one attached hydrogen (secondary N) is 1. The van der Waals surface area contributed by atoms with Gasteiger partial charge in [-0.2, -0.15) is 52.7 Å². The predicted octanol–water partition coefficient (Wildman–Crippen LogP) is 7.49. The van der Waals surface area contributed by atoms with E-state index < -0.39 is 72.6 Å². The van der Waals surface area contributed by atoms with Crippen molar-refractivity contribution in [1.29, 1.82) is 0 Å². The van der Waals surface area contributed by atoms with E-state index >= 15 is 0 Å². The molecule has 0 aliphatic rings. The van der Waals surface area contributed by atoms with E-state index in [2.05, 4.69) is 0 Å². The van der Waals surface area contributed by atoms with Gasteiger partial charge in [-0.25, -0.2) is 8.42 Å². The highest BCUT2D eigenvalue weighted by atomic mass is 32.2. The van der Waals surface area contributed by atoms with E-state index in [0.717, 1.165) is 35.6 Å². The van der Waals surface area contributed by atoms with Crippen LogP contribution in [0.1, 0.15) is 16.4 Å². The van der Waals surface area contributed by atoms with Gasteiger partial charge in [-0.3, -0.25) is 0 Å². The molecule has 0 saturated heterocycles. The number of halogens is 12. The molecule has 0 aliphatic heterocycles. The number of benzene rings is 3. The average molecular weight is 639 g/mol. The summed E-state index contributed by atoms with van der Waals surface area (Å²) >= 11 is 0. The molecule has 17 heteroatoms. The Morgan fingerprint density at radius 2 is 0.976 bits per heavy atom. The highest BCUT2D eigenvalue weighted by Gasteiger charge is 2.78. The number of rotatable bonds is 7. The summed E-state index contributed by atoms with van der Waals surface area (Å²) in [6.45, 7) is 0. The van der Waals surface area contributed by atoms with Crippen LogP contribution < -0.4 is 5.32 Å².